The Kier molecular flexibility index (Phi) is 7.29. The van der Waals surface area contributed by atoms with Crippen molar-refractivity contribution in [1.29, 1.82) is 0 Å². The summed E-state index contributed by atoms with van der Waals surface area (Å²) in [6.45, 7) is 0. The molecular formula is C15H11F5N2NaO4+. The van der Waals surface area contributed by atoms with Gasteiger partial charge in [-0.2, -0.15) is 22.0 Å². The van der Waals surface area contributed by atoms with Crippen LogP contribution in [0.2, 0.25) is 0 Å². The molecule has 0 bridgehead atoms. The monoisotopic (exact) mass is 401 g/mol. The molecule has 2 aromatic carbocycles. The predicted octanol–water partition coefficient (Wildman–Crippen LogP) is 3.62. The van der Waals surface area contributed by atoms with Gasteiger partial charge in [0.05, 0.1) is 4.91 Å². The number of halogens is 5. The summed E-state index contributed by atoms with van der Waals surface area (Å²) in [5.74, 6) is -1.82. The van der Waals surface area contributed by atoms with Crippen LogP contribution in [0.25, 0.3) is 0 Å². The van der Waals surface area contributed by atoms with Gasteiger partial charge in [0.15, 0.2) is 0 Å². The van der Waals surface area contributed by atoms with Crippen LogP contribution in [0, 0.1) is 4.91 Å². The van der Waals surface area contributed by atoms with Crippen LogP contribution >= 0.6 is 0 Å². The number of hydrogen-bond acceptors (Lipinski definition) is 3. The van der Waals surface area contributed by atoms with Crippen molar-refractivity contribution in [2.45, 2.75) is 12.3 Å². The van der Waals surface area contributed by atoms with E-state index < -0.39 is 28.9 Å². The molecule has 12 heteroatoms. The summed E-state index contributed by atoms with van der Waals surface area (Å²) in [6.07, 6.45) is -11.4. The molecular weight excluding hydrogens is 390 g/mol. The van der Waals surface area contributed by atoms with Crippen LogP contribution in [0.3, 0.4) is 0 Å². The second-order valence-electron chi connectivity index (χ2n) is 4.89. The average molecular weight is 401 g/mol. The predicted molar refractivity (Wildman–Crippen MR) is 84.7 cm³/mol. The van der Waals surface area contributed by atoms with Crippen LogP contribution in [-0.2, 0) is 0 Å². The number of benzene rings is 2. The molecule has 0 aliphatic rings. The second kappa shape index (κ2) is 8.63. The fourth-order valence-corrected chi connectivity index (χ4v) is 1.85. The van der Waals surface area contributed by atoms with E-state index in [1.165, 1.54) is 24.3 Å². The van der Waals surface area contributed by atoms with Crippen LogP contribution < -0.4 is 10.1 Å². The van der Waals surface area contributed by atoms with Crippen molar-refractivity contribution in [1.82, 2.24) is 0 Å². The average Bonchev–Trinajstić information content (AvgIpc) is 2.54. The number of alkyl halides is 5. The fraction of sp³-hybridized carbons (Fsp3) is 0.133. The van der Waals surface area contributed by atoms with Gasteiger partial charge in [-0.05, 0) is 24.3 Å². The SMILES string of the molecule is O=C(Nc1ccccc1[N+](=O)O)c1cccc(OC(F)(F)C(F)(F)F)c1.[NaH]. The van der Waals surface area contributed by atoms with Crippen LogP contribution in [0.1, 0.15) is 10.4 Å². The first-order chi connectivity index (χ1) is 12.0. The maximum atomic E-state index is 12.9. The molecule has 0 aromatic heterocycles. The Bertz CT molecular complexity index is 845. The molecule has 2 rings (SSSR count). The van der Waals surface area contributed by atoms with Crippen LogP contribution in [-0.4, -0.2) is 57.9 Å². The zero-order valence-corrected chi connectivity index (χ0v) is 12.6. The molecule has 0 saturated heterocycles. The van der Waals surface area contributed by atoms with E-state index in [0.29, 0.717) is 6.07 Å². The third-order valence-electron chi connectivity index (χ3n) is 3.03. The molecule has 0 unspecified atom stereocenters. The number of amides is 1. The number of nitrogens with zero attached hydrogens (tertiary/aromatic N) is 1. The molecule has 0 heterocycles. The zero-order valence-electron chi connectivity index (χ0n) is 12.6. The van der Waals surface area contributed by atoms with Crippen molar-refractivity contribution in [3.8, 4) is 5.75 Å². The molecule has 0 fully saturated rings. The Morgan fingerprint density at radius 3 is 2.26 bits per heavy atom. The van der Waals surface area contributed by atoms with E-state index >= 15 is 0 Å². The number of hydrogen-bond donors (Lipinski definition) is 2. The van der Waals surface area contributed by atoms with E-state index in [0.717, 1.165) is 18.2 Å². The van der Waals surface area contributed by atoms with Crippen LogP contribution in [0.15, 0.2) is 48.5 Å². The molecule has 0 aliphatic heterocycles. The Morgan fingerprint density at radius 1 is 1.04 bits per heavy atom. The molecule has 140 valence electrons. The molecule has 1 amide bonds. The van der Waals surface area contributed by atoms with E-state index in [-0.39, 0.29) is 46.5 Å². The number of nitrogens with one attached hydrogen (secondary N) is 1. The molecule has 0 saturated carbocycles. The second-order valence-corrected chi connectivity index (χ2v) is 4.89. The molecule has 2 N–H and O–H groups in total. The van der Waals surface area contributed by atoms with E-state index in [9.17, 15) is 31.7 Å². The summed E-state index contributed by atoms with van der Waals surface area (Å²) in [6, 6.07) is 8.95. The van der Waals surface area contributed by atoms with Crippen LogP contribution in [0.5, 0.6) is 5.75 Å². The molecule has 6 nitrogen and oxygen atoms in total. The van der Waals surface area contributed by atoms with Crippen LogP contribution in [0.4, 0.5) is 33.3 Å². The van der Waals surface area contributed by atoms with Gasteiger partial charge in [-0.15, -0.1) is 0 Å². The Hall–Kier alpha value is -2.24. The van der Waals surface area contributed by atoms with Gasteiger partial charge in [0.25, 0.3) is 10.8 Å². The molecule has 0 radical (unpaired) electrons. The first kappa shape index (κ1) is 22.8. The minimum absolute atomic E-state index is 0. The Labute approximate surface area is 170 Å². The summed E-state index contributed by atoms with van der Waals surface area (Å²) in [4.78, 5) is 22.6. The normalized spacial score (nSPS) is 11.3. The number of carbonyl (C=O) groups excluding carboxylic acids is 1. The van der Waals surface area contributed by atoms with Gasteiger partial charge in [-0.1, -0.05) is 18.2 Å². The Balaban J connectivity index is 0.00000364. The van der Waals surface area contributed by atoms with E-state index in [2.05, 4.69) is 10.1 Å². The van der Waals surface area contributed by atoms with Crippen molar-refractivity contribution in [2.75, 3.05) is 5.32 Å². The van der Waals surface area contributed by atoms with Gasteiger partial charge < -0.3 is 10.1 Å². The van der Waals surface area contributed by atoms with Gasteiger partial charge >= 0.3 is 47.5 Å². The van der Waals surface area contributed by atoms with Crippen molar-refractivity contribution >= 4 is 46.8 Å². The summed E-state index contributed by atoms with van der Waals surface area (Å²) in [5, 5.41) is 11.2. The third kappa shape index (κ3) is 5.62. The summed E-state index contributed by atoms with van der Waals surface area (Å²) in [5.41, 5.74) is -0.732. The van der Waals surface area contributed by atoms with Gasteiger partial charge in [0.2, 0.25) is 0 Å². The van der Waals surface area contributed by atoms with E-state index in [4.69, 9.17) is 5.21 Å². The molecule has 27 heavy (non-hydrogen) atoms. The molecule has 0 aliphatic carbocycles. The molecule has 0 atom stereocenters. The third-order valence-corrected chi connectivity index (χ3v) is 3.03. The Morgan fingerprint density at radius 2 is 1.67 bits per heavy atom. The first-order valence-electron chi connectivity index (χ1n) is 6.81. The van der Waals surface area contributed by atoms with E-state index in [1.807, 2.05) is 0 Å². The summed E-state index contributed by atoms with van der Waals surface area (Å²) < 4.78 is 66.0. The van der Waals surface area contributed by atoms with Crippen molar-refractivity contribution < 1.29 is 41.6 Å². The topological polar surface area (TPSA) is 78.6 Å². The zero-order chi connectivity index (χ0) is 19.5. The van der Waals surface area contributed by atoms with Crippen molar-refractivity contribution in [2.24, 2.45) is 0 Å². The van der Waals surface area contributed by atoms with Gasteiger partial charge in [0, 0.05) is 11.6 Å². The summed E-state index contributed by atoms with van der Waals surface area (Å²) in [7, 11) is 0. The van der Waals surface area contributed by atoms with Gasteiger partial charge in [0.1, 0.15) is 11.4 Å². The summed E-state index contributed by atoms with van der Waals surface area (Å²) >= 11 is 0. The number of anilines is 1. The van der Waals surface area contributed by atoms with Crippen molar-refractivity contribution in [3.63, 3.8) is 0 Å². The first-order valence-corrected chi connectivity index (χ1v) is 6.81. The standard InChI is InChI=1S/C15H9F5N2O4.Na.H/c16-14(17,18)15(19,20)26-10-5-3-4-9(8-10)13(23)21-11-6-1-2-7-12(11)22(24)25;;/h1-8H,(H-,21,23,24,25);;/p+1. The van der Waals surface area contributed by atoms with E-state index in [1.54, 1.807) is 0 Å². The van der Waals surface area contributed by atoms with Gasteiger partial charge in [-0.3, -0.25) is 4.79 Å². The maximum absolute atomic E-state index is 12.9. The van der Waals surface area contributed by atoms with Gasteiger partial charge in [-0.25, -0.2) is 5.21 Å². The fourth-order valence-electron chi connectivity index (χ4n) is 1.85. The number of carbonyl (C=O) groups is 1. The number of rotatable bonds is 5. The number of para-hydroxylation sites is 2. The quantitative estimate of drug-likeness (QED) is 0.456. The minimum atomic E-state index is -5.93. The molecule has 2 aromatic rings. The molecule has 0 spiro atoms. The van der Waals surface area contributed by atoms with Crippen molar-refractivity contribution in [3.05, 3.63) is 59.0 Å². The number of ether oxygens (including phenoxy) is 1.